The molecule has 0 aliphatic carbocycles. The van der Waals surface area contributed by atoms with E-state index in [1.54, 1.807) is 7.05 Å². The van der Waals surface area contributed by atoms with Crippen LogP contribution in [0.25, 0.3) is 16.6 Å². The molecule has 1 heterocycles. The van der Waals surface area contributed by atoms with E-state index in [4.69, 9.17) is 22.3 Å². The number of hydrogen-bond acceptors (Lipinski definition) is 4. The number of fused-ring (bicyclic) bond motifs is 1. The number of aryl methyl sites for hydroxylation is 1. The summed E-state index contributed by atoms with van der Waals surface area (Å²) in [6.45, 7) is 8.94. The highest BCUT2D eigenvalue weighted by molar-refractivity contribution is 6.30. The van der Waals surface area contributed by atoms with Gasteiger partial charge in [0.25, 0.3) is 0 Å². The van der Waals surface area contributed by atoms with Crippen LogP contribution in [0.5, 0.6) is 0 Å². The molecule has 3 aromatic rings. The van der Waals surface area contributed by atoms with Crippen molar-refractivity contribution in [2.75, 3.05) is 20.6 Å². The van der Waals surface area contributed by atoms with Gasteiger partial charge in [0.1, 0.15) is 11.7 Å². The summed E-state index contributed by atoms with van der Waals surface area (Å²) >= 11 is 6.17. The summed E-state index contributed by atoms with van der Waals surface area (Å²) in [6, 6.07) is 11.9. The zero-order valence-electron chi connectivity index (χ0n) is 19.5. The Hall–Kier alpha value is -3.51. The molecular weight excluding hydrogens is 432 g/mol. The molecule has 33 heavy (non-hydrogen) atoms. The van der Waals surface area contributed by atoms with Crippen molar-refractivity contribution >= 4 is 34.0 Å². The Labute approximate surface area is 200 Å². The fourth-order valence-electron chi connectivity index (χ4n) is 3.63. The van der Waals surface area contributed by atoms with Crippen molar-refractivity contribution in [1.29, 1.82) is 0 Å². The molecule has 0 saturated heterocycles. The van der Waals surface area contributed by atoms with Crippen LogP contribution in [0.15, 0.2) is 72.0 Å². The molecule has 0 saturated carbocycles. The lowest BCUT2D eigenvalue weighted by atomic mass is 10.0. The number of aromatic amines is 1. The molecule has 0 aliphatic heterocycles. The Morgan fingerprint density at radius 2 is 2.12 bits per heavy atom. The van der Waals surface area contributed by atoms with E-state index in [1.165, 1.54) is 5.56 Å². The van der Waals surface area contributed by atoms with Crippen molar-refractivity contribution in [2.45, 2.75) is 19.8 Å². The van der Waals surface area contributed by atoms with Gasteiger partial charge in [-0.2, -0.15) is 0 Å². The number of allylic oxidation sites excluding steroid dienone is 3. The summed E-state index contributed by atoms with van der Waals surface area (Å²) in [6.07, 6.45) is 5.66. The van der Waals surface area contributed by atoms with Gasteiger partial charge in [0, 0.05) is 42.5 Å². The van der Waals surface area contributed by atoms with Crippen LogP contribution in [-0.2, 0) is 0 Å². The molecule has 1 atom stereocenters. The summed E-state index contributed by atoms with van der Waals surface area (Å²) < 4.78 is 0. The van der Waals surface area contributed by atoms with Crippen molar-refractivity contribution in [3.8, 4) is 0 Å². The van der Waals surface area contributed by atoms with Gasteiger partial charge in [-0.25, -0.2) is 4.98 Å². The van der Waals surface area contributed by atoms with Gasteiger partial charge in [0.15, 0.2) is 0 Å². The van der Waals surface area contributed by atoms with Crippen molar-refractivity contribution in [3.63, 3.8) is 0 Å². The number of nitrogens with zero attached hydrogens (tertiary/aromatic N) is 2. The van der Waals surface area contributed by atoms with Crippen molar-refractivity contribution in [1.82, 2.24) is 20.6 Å². The fourth-order valence-corrected chi connectivity index (χ4v) is 3.83. The van der Waals surface area contributed by atoms with Gasteiger partial charge in [-0.15, -0.1) is 0 Å². The predicted molar refractivity (Wildman–Crippen MR) is 141 cm³/mol. The molecule has 1 aromatic heterocycles. The molecule has 0 radical (unpaired) electrons. The number of aromatic nitrogens is 2. The number of halogens is 1. The Bertz CT molecular complexity index is 1230. The van der Waals surface area contributed by atoms with Gasteiger partial charge in [-0.3, -0.25) is 4.99 Å². The molecule has 172 valence electrons. The predicted octanol–water partition coefficient (Wildman–Crippen LogP) is 4.88. The van der Waals surface area contributed by atoms with E-state index >= 15 is 0 Å². The SMILES string of the molecule is C=C/C(=C(\C=C/NC)NCC(C)c1cccc(Cl)c1)c1nc2c(C)cc(C(N)=NC)cc2[nH]1. The van der Waals surface area contributed by atoms with Gasteiger partial charge in [0.05, 0.1) is 11.0 Å². The first-order valence-corrected chi connectivity index (χ1v) is 11.2. The van der Waals surface area contributed by atoms with E-state index in [0.717, 1.165) is 44.3 Å². The molecule has 7 heteroatoms. The van der Waals surface area contributed by atoms with Crippen molar-refractivity contribution in [3.05, 3.63) is 94.6 Å². The second kappa shape index (κ2) is 10.9. The minimum atomic E-state index is 0.254. The lowest BCUT2D eigenvalue weighted by molar-refractivity contribution is 0.687. The highest BCUT2D eigenvalue weighted by atomic mass is 35.5. The zero-order valence-corrected chi connectivity index (χ0v) is 20.3. The summed E-state index contributed by atoms with van der Waals surface area (Å²) in [5.74, 6) is 1.47. The zero-order chi connectivity index (χ0) is 24.0. The Morgan fingerprint density at radius 3 is 2.79 bits per heavy atom. The Kier molecular flexibility index (Phi) is 7.96. The highest BCUT2D eigenvalue weighted by Crippen LogP contribution is 2.25. The lowest BCUT2D eigenvalue weighted by Gasteiger charge is -2.17. The van der Waals surface area contributed by atoms with Crippen LogP contribution in [0.1, 0.15) is 35.4 Å². The second-order valence-corrected chi connectivity index (χ2v) is 8.31. The maximum Gasteiger partial charge on any atom is 0.140 e. The second-order valence-electron chi connectivity index (χ2n) is 7.87. The van der Waals surface area contributed by atoms with Crippen LogP contribution >= 0.6 is 11.6 Å². The van der Waals surface area contributed by atoms with Crippen LogP contribution < -0.4 is 16.4 Å². The van der Waals surface area contributed by atoms with E-state index in [9.17, 15) is 0 Å². The molecule has 0 bridgehead atoms. The smallest absolute Gasteiger partial charge is 0.140 e. The Morgan fingerprint density at radius 1 is 1.33 bits per heavy atom. The lowest BCUT2D eigenvalue weighted by Crippen LogP contribution is -2.20. The fraction of sp³-hybridized carbons (Fsp3) is 0.231. The topological polar surface area (TPSA) is 91.1 Å². The minimum Gasteiger partial charge on any atom is -0.394 e. The monoisotopic (exact) mass is 462 g/mol. The van der Waals surface area contributed by atoms with E-state index in [-0.39, 0.29) is 5.92 Å². The number of aliphatic imine (C=N–C) groups is 1. The van der Waals surface area contributed by atoms with E-state index in [0.29, 0.717) is 12.4 Å². The van der Waals surface area contributed by atoms with Gasteiger partial charge >= 0.3 is 0 Å². The number of benzene rings is 2. The highest BCUT2D eigenvalue weighted by Gasteiger charge is 2.14. The molecule has 0 aliphatic rings. The molecule has 0 amide bonds. The first-order valence-electron chi connectivity index (χ1n) is 10.8. The molecule has 0 fully saturated rings. The van der Waals surface area contributed by atoms with E-state index < -0.39 is 0 Å². The molecule has 5 N–H and O–H groups in total. The summed E-state index contributed by atoms with van der Waals surface area (Å²) in [4.78, 5) is 12.4. The number of hydrogen-bond donors (Lipinski definition) is 4. The average Bonchev–Trinajstić information content (AvgIpc) is 3.24. The molecule has 2 aromatic carbocycles. The van der Waals surface area contributed by atoms with Gasteiger partial charge in [-0.1, -0.05) is 43.3 Å². The molecule has 1 unspecified atom stereocenters. The molecule has 6 nitrogen and oxygen atoms in total. The standard InChI is InChI=1S/C26H31ClN6/c1-6-21(26-32-23-14-19(25(28)30-5)12-16(2)24(23)33-26)22(10-11-29-4)31-15-17(3)18-8-7-9-20(27)13-18/h6-14,17,29,31H,1,15H2,2-5H3,(H2,28,30)(H,32,33)/b11-10-,22-21-. The molecular formula is C26H31ClN6. The van der Waals surface area contributed by atoms with Gasteiger partial charge in [-0.05, 0) is 60.5 Å². The van der Waals surface area contributed by atoms with Crippen LogP contribution in [0.4, 0.5) is 0 Å². The number of nitrogens with two attached hydrogens (primary N) is 1. The van der Waals surface area contributed by atoms with Crippen LogP contribution in [0.3, 0.4) is 0 Å². The third-order valence-electron chi connectivity index (χ3n) is 5.50. The summed E-state index contributed by atoms with van der Waals surface area (Å²) in [5.41, 5.74) is 12.7. The minimum absolute atomic E-state index is 0.254. The largest absolute Gasteiger partial charge is 0.394 e. The van der Waals surface area contributed by atoms with E-state index in [1.807, 2.05) is 62.7 Å². The number of amidine groups is 1. The normalized spacial score (nSPS) is 13.8. The summed E-state index contributed by atoms with van der Waals surface area (Å²) in [7, 11) is 3.55. The Balaban J connectivity index is 1.99. The number of imidazole rings is 1. The number of H-pyrrole nitrogens is 1. The van der Waals surface area contributed by atoms with Crippen molar-refractivity contribution < 1.29 is 0 Å². The third kappa shape index (κ3) is 5.65. The third-order valence-corrected chi connectivity index (χ3v) is 5.73. The van der Waals surface area contributed by atoms with Crippen LogP contribution in [-0.4, -0.2) is 36.4 Å². The van der Waals surface area contributed by atoms with Crippen LogP contribution in [0.2, 0.25) is 5.02 Å². The quantitative estimate of drug-likeness (QED) is 0.207. The molecule has 3 rings (SSSR count). The maximum atomic E-state index is 6.17. The van der Waals surface area contributed by atoms with Crippen molar-refractivity contribution in [2.24, 2.45) is 10.7 Å². The van der Waals surface area contributed by atoms with Crippen LogP contribution in [0, 0.1) is 6.92 Å². The number of nitrogens with one attached hydrogen (secondary N) is 3. The first-order chi connectivity index (χ1) is 15.9. The maximum absolute atomic E-state index is 6.17. The first kappa shape index (κ1) is 24.1. The van der Waals surface area contributed by atoms with E-state index in [2.05, 4.69) is 40.2 Å². The average molecular weight is 463 g/mol. The summed E-state index contributed by atoms with van der Waals surface area (Å²) in [5, 5.41) is 7.35. The number of rotatable bonds is 9. The van der Waals surface area contributed by atoms with Gasteiger partial charge in [0.2, 0.25) is 0 Å². The molecule has 0 spiro atoms. The van der Waals surface area contributed by atoms with Gasteiger partial charge < -0.3 is 21.4 Å².